The molecular weight excluding hydrogens is 217 g/mol. The number of carbonyl (C=O) groups excluding carboxylic acids is 3. The maximum Gasteiger partial charge on any atom is 1.00 e. The number of nitrogens with one attached hydrogen (secondary N) is 1. The second kappa shape index (κ2) is 9.51. The number of hydrogen-bond donors (Lipinski definition) is 1. The fraction of sp³-hybridized carbons (Fsp3) is 0.571. The van der Waals surface area contributed by atoms with Gasteiger partial charge in [0.25, 0.3) is 5.91 Å². The molecule has 0 heterocycles. The van der Waals surface area contributed by atoms with Crippen molar-refractivity contribution in [2.75, 3.05) is 5.75 Å². The largest absolute Gasteiger partial charge is 1.00 e. The molecule has 76 valence electrons. The molecule has 0 aliphatic rings. The van der Waals surface area contributed by atoms with Crippen molar-refractivity contribution in [3.8, 4) is 0 Å². The van der Waals surface area contributed by atoms with E-state index in [4.69, 9.17) is 0 Å². The molecule has 0 radical (unpaired) electrons. The van der Waals surface area contributed by atoms with Crippen molar-refractivity contribution in [2.45, 2.75) is 20.3 Å². The first-order chi connectivity index (χ1) is 6.06. The molecule has 1 amide bonds. The second-order valence-corrected chi connectivity index (χ2v) is 3.29. The Morgan fingerprint density at radius 2 is 2.00 bits per heavy atom. The van der Waals surface area contributed by atoms with Gasteiger partial charge in [-0.15, -0.1) is 0 Å². The Bertz CT molecular complexity index is 227. The van der Waals surface area contributed by atoms with Crippen LogP contribution < -0.4 is 35.0 Å². The van der Waals surface area contributed by atoms with Gasteiger partial charge in [-0.3, -0.25) is 9.59 Å². The first-order valence-electron chi connectivity index (χ1n) is 3.68. The quantitative estimate of drug-likeness (QED) is 0.423. The van der Waals surface area contributed by atoms with E-state index in [0.29, 0.717) is 0 Å². The number of hydrogen-bond acceptors (Lipinski definition) is 5. The van der Waals surface area contributed by atoms with Crippen LogP contribution in [-0.4, -0.2) is 22.7 Å². The summed E-state index contributed by atoms with van der Waals surface area (Å²) in [6, 6.07) is 0. The average Bonchev–Trinajstić information content (AvgIpc) is 2.10. The molecule has 0 saturated carbocycles. The Morgan fingerprint density at radius 1 is 1.43 bits per heavy atom. The van der Waals surface area contributed by atoms with Crippen LogP contribution in [0.4, 0.5) is 0 Å². The molecule has 0 unspecified atom stereocenters. The summed E-state index contributed by atoms with van der Waals surface area (Å²) in [5.41, 5.74) is 1.93. The summed E-state index contributed by atoms with van der Waals surface area (Å²) >= 11 is 0.856. The Kier molecular flexibility index (Phi) is 11.1. The third-order valence-electron chi connectivity index (χ3n) is 0.974. The van der Waals surface area contributed by atoms with Crippen LogP contribution in [0.1, 0.15) is 21.7 Å². The SMILES string of the molecule is CCC(=O)ONC(=O)CSC(C)=O.[H-].[Na+]. The zero-order valence-electron chi connectivity index (χ0n) is 9.46. The Morgan fingerprint density at radius 3 is 2.43 bits per heavy atom. The summed E-state index contributed by atoms with van der Waals surface area (Å²) in [6.45, 7) is 2.97. The standard InChI is InChI=1S/C7H11NO4S.Na.H/c1-3-7(11)12-8-6(10)4-13-5(2)9;;/h3-4H2,1-2H3,(H,8,10);;/q;+1;-1. The van der Waals surface area contributed by atoms with E-state index in [9.17, 15) is 14.4 Å². The minimum absolute atomic E-state index is 0. The number of hydroxylamine groups is 1. The van der Waals surface area contributed by atoms with Gasteiger partial charge in [-0.25, -0.2) is 4.79 Å². The van der Waals surface area contributed by atoms with E-state index in [-0.39, 0.29) is 48.3 Å². The van der Waals surface area contributed by atoms with Crippen molar-refractivity contribution >= 4 is 28.8 Å². The van der Waals surface area contributed by atoms with Crippen molar-refractivity contribution in [3.63, 3.8) is 0 Å². The molecule has 0 rings (SSSR count). The minimum Gasteiger partial charge on any atom is -1.00 e. The van der Waals surface area contributed by atoms with Crippen LogP contribution in [0.5, 0.6) is 0 Å². The smallest absolute Gasteiger partial charge is 1.00 e. The predicted molar refractivity (Wildman–Crippen MR) is 48.8 cm³/mol. The molecule has 0 saturated heterocycles. The van der Waals surface area contributed by atoms with Crippen LogP contribution in [0.15, 0.2) is 0 Å². The molecule has 1 N–H and O–H groups in total. The fourth-order valence-electron chi connectivity index (χ4n) is 0.383. The summed E-state index contributed by atoms with van der Waals surface area (Å²) in [4.78, 5) is 36.1. The second-order valence-electron chi connectivity index (χ2n) is 2.13. The number of amides is 1. The predicted octanol–water partition coefficient (Wildman–Crippen LogP) is -2.63. The molecule has 0 fully saturated rings. The topological polar surface area (TPSA) is 72.5 Å². The fourth-order valence-corrected chi connectivity index (χ4v) is 0.776. The van der Waals surface area contributed by atoms with Gasteiger partial charge in [0.05, 0.1) is 5.75 Å². The van der Waals surface area contributed by atoms with Crippen molar-refractivity contribution in [3.05, 3.63) is 0 Å². The van der Waals surface area contributed by atoms with Gasteiger partial charge in [-0.2, -0.15) is 5.48 Å². The van der Waals surface area contributed by atoms with Crippen molar-refractivity contribution in [2.24, 2.45) is 0 Å². The van der Waals surface area contributed by atoms with Crippen molar-refractivity contribution in [1.29, 1.82) is 0 Å². The maximum atomic E-state index is 10.8. The molecule has 0 aliphatic carbocycles. The molecule has 0 aromatic carbocycles. The van der Waals surface area contributed by atoms with E-state index in [0.717, 1.165) is 11.8 Å². The van der Waals surface area contributed by atoms with Gasteiger partial charge in [0.15, 0.2) is 5.12 Å². The summed E-state index contributed by atoms with van der Waals surface area (Å²) in [6.07, 6.45) is 0.195. The molecule has 7 heteroatoms. The third-order valence-corrected chi connectivity index (χ3v) is 1.79. The summed E-state index contributed by atoms with van der Waals surface area (Å²) in [5.74, 6) is -1.05. The monoisotopic (exact) mass is 229 g/mol. The van der Waals surface area contributed by atoms with E-state index in [2.05, 4.69) is 4.84 Å². The first-order valence-corrected chi connectivity index (χ1v) is 4.66. The van der Waals surface area contributed by atoms with Crippen molar-refractivity contribution in [1.82, 2.24) is 5.48 Å². The third kappa shape index (κ3) is 10.0. The maximum absolute atomic E-state index is 10.8. The Labute approximate surface area is 110 Å². The zero-order valence-corrected chi connectivity index (χ0v) is 11.3. The molecule has 0 aromatic heterocycles. The van der Waals surface area contributed by atoms with Crippen LogP contribution in [0.2, 0.25) is 0 Å². The van der Waals surface area contributed by atoms with Crippen LogP contribution in [0.25, 0.3) is 0 Å². The number of rotatable bonds is 3. The van der Waals surface area contributed by atoms with Crippen LogP contribution in [-0.2, 0) is 19.2 Å². The van der Waals surface area contributed by atoms with Gasteiger partial charge in [0.2, 0.25) is 0 Å². The number of thioether (sulfide) groups is 1. The summed E-state index contributed by atoms with van der Waals surface area (Å²) in [7, 11) is 0. The van der Waals surface area contributed by atoms with Gasteiger partial charge >= 0.3 is 35.5 Å². The average molecular weight is 229 g/mol. The first kappa shape index (κ1) is 16.4. The molecule has 5 nitrogen and oxygen atoms in total. The van der Waals surface area contributed by atoms with Crippen molar-refractivity contribution < 1.29 is 50.2 Å². The van der Waals surface area contributed by atoms with Gasteiger partial charge < -0.3 is 6.26 Å². The summed E-state index contributed by atoms with van der Waals surface area (Å²) < 4.78 is 0. The van der Waals surface area contributed by atoms with Gasteiger partial charge in [0, 0.05) is 13.3 Å². The minimum atomic E-state index is -0.513. The van der Waals surface area contributed by atoms with E-state index >= 15 is 0 Å². The number of carbonyl (C=O) groups is 3. The van der Waals surface area contributed by atoms with E-state index in [1.807, 2.05) is 5.48 Å². The molecule has 0 spiro atoms. The summed E-state index contributed by atoms with van der Waals surface area (Å²) in [5, 5.41) is -0.156. The molecular formula is C7H12NNaO4S. The molecule has 0 aliphatic heterocycles. The van der Waals surface area contributed by atoms with Crippen LogP contribution in [0, 0.1) is 0 Å². The van der Waals surface area contributed by atoms with Gasteiger partial charge in [-0.05, 0) is 0 Å². The van der Waals surface area contributed by atoms with Gasteiger partial charge in [-0.1, -0.05) is 18.7 Å². The van der Waals surface area contributed by atoms with E-state index in [1.54, 1.807) is 6.92 Å². The van der Waals surface area contributed by atoms with E-state index < -0.39 is 11.9 Å². The molecule has 0 aromatic rings. The van der Waals surface area contributed by atoms with Crippen LogP contribution >= 0.6 is 11.8 Å². The molecule has 0 bridgehead atoms. The Balaban J connectivity index is -0.000000720. The van der Waals surface area contributed by atoms with Gasteiger partial charge in [0.1, 0.15) is 0 Å². The normalized spacial score (nSPS) is 8.43. The zero-order chi connectivity index (χ0) is 10.3. The molecule has 0 atom stereocenters. The van der Waals surface area contributed by atoms with Crippen LogP contribution in [0.3, 0.4) is 0 Å². The van der Waals surface area contributed by atoms with E-state index in [1.165, 1.54) is 6.92 Å². The molecule has 14 heavy (non-hydrogen) atoms. The Hall–Kier alpha value is -0.0400.